The van der Waals surface area contributed by atoms with Crippen molar-refractivity contribution in [2.45, 2.75) is 39.4 Å². The van der Waals surface area contributed by atoms with E-state index in [9.17, 15) is 9.59 Å². The van der Waals surface area contributed by atoms with E-state index in [1.165, 1.54) is 10.4 Å². The second-order valence-corrected chi connectivity index (χ2v) is 11.7. The molecule has 236 valence electrons. The van der Waals surface area contributed by atoms with E-state index in [-0.39, 0.29) is 25.0 Å². The largest absolute Gasteiger partial charge is 0.484 e. The van der Waals surface area contributed by atoms with Crippen LogP contribution in [0.3, 0.4) is 0 Å². The van der Waals surface area contributed by atoms with Crippen LogP contribution in [0.2, 0.25) is 0 Å². The lowest BCUT2D eigenvalue weighted by Crippen LogP contribution is -2.41. The maximum Gasteiger partial charge on any atom is 0.264 e. The minimum atomic E-state index is -0.114. The summed E-state index contributed by atoms with van der Waals surface area (Å²) in [6, 6.07) is 33.5. The molecule has 2 amide bonds. The van der Waals surface area contributed by atoms with Gasteiger partial charge in [-0.2, -0.15) is 15.0 Å². The third-order valence-corrected chi connectivity index (χ3v) is 8.32. The monoisotopic (exact) mass is 616 g/mol. The fraction of sp³-hybridized carbons (Fsp3) is 0.297. The van der Waals surface area contributed by atoms with Gasteiger partial charge in [0.25, 0.3) is 5.91 Å². The lowest BCUT2D eigenvalue weighted by atomic mass is 10.0. The van der Waals surface area contributed by atoms with Gasteiger partial charge in [-0.25, -0.2) is 0 Å². The molecule has 46 heavy (non-hydrogen) atoms. The van der Waals surface area contributed by atoms with E-state index in [4.69, 9.17) is 4.74 Å². The molecule has 0 saturated carbocycles. The molecule has 0 radical (unpaired) electrons. The predicted molar refractivity (Wildman–Crippen MR) is 179 cm³/mol. The molecule has 5 aromatic rings. The van der Waals surface area contributed by atoms with E-state index in [0.29, 0.717) is 25.4 Å². The van der Waals surface area contributed by atoms with E-state index in [2.05, 4.69) is 39.4 Å². The summed E-state index contributed by atoms with van der Waals surface area (Å²) >= 11 is 0. The van der Waals surface area contributed by atoms with Crippen LogP contribution in [0.4, 0.5) is 5.69 Å². The Hall–Kier alpha value is -5.02. The number of carbonyl (C=O) groups is 2. The number of para-hydroxylation sites is 2. The van der Waals surface area contributed by atoms with Gasteiger partial charge in [-0.1, -0.05) is 78.9 Å². The zero-order valence-corrected chi connectivity index (χ0v) is 26.3. The zero-order chi connectivity index (χ0) is 31.7. The van der Waals surface area contributed by atoms with Crippen molar-refractivity contribution in [1.82, 2.24) is 24.8 Å². The number of fused-ring (bicyclic) bond motifs is 2. The van der Waals surface area contributed by atoms with Crippen LogP contribution in [-0.2, 0) is 29.2 Å². The maximum atomic E-state index is 13.9. The Morgan fingerprint density at radius 2 is 1.37 bits per heavy atom. The van der Waals surface area contributed by atoms with Crippen molar-refractivity contribution in [3.8, 4) is 5.75 Å². The smallest absolute Gasteiger partial charge is 0.264 e. The molecule has 2 heterocycles. The fourth-order valence-electron chi connectivity index (χ4n) is 6.08. The molecule has 0 spiro atoms. The first-order valence-corrected chi connectivity index (χ1v) is 15.9. The van der Waals surface area contributed by atoms with Gasteiger partial charge >= 0.3 is 0 Å². The number of hydrogen-bond donors (Lipinski definition) is 0. The summed E-state index contributed by atoms with van der Waals surface area (Å²) in [6.45, 7) is 5.92. The number of aromatic nitrogens is 3. The molecule has 9 nitrogen and oxygen atoms in total. The van der Waals surface area contributed by atoms with Crippen molar-refractivity contribution in [3.63, 3.8) is 0 Å². The van der Waals surface area contributed by atoms with Gasteiger partial charge in [-0.05, 0) is 60.7 Å². The molecule has 1 aromatic heterocycles. The van der Waals surface area contributed by atoms with Gasteiger partial charge < -0.3 is 14.5 Å². The van der Waals surface area contributed by atoms with Crippen LogP contribution in [0.25, 0.3) is 11.0 Å². The van der Waals surface area contributed by atoms with Crippen LogP contribution in [0.1, 0.15) is 29.5 Å². The maximum absolute atomic E-state index is 13.9. The van der Waals surface area contributed by atoms with Crippen LogP contribution in [0.15, 0.2) is 103 Å². The van der Waals surface area contributed by atoms with Crippen molar-refractivity contribution < 1.29 is 14.3 Å². The highest BCUT2D eigenvalue weighted by Crippen LogP contribution is 2.28. The zero-order valence-electron chi connectivity index (χ0n) is 26.3. The molecule has 0 bridgehead atoms. The average molecular weight is 617 g/mol. The van der Waals surface area contributed by atoms with Crippen molar-refractivity contribution in [2.24, 2.45) is 0 Å². The van der Waals surface area contributed by atoms with E-state index in [1.807, 2.05) is 95.6 Å². The number of benzene rings is 4. The van der Waals surface area contributed by atoms with E-state index < -0.39 is 0 Å². The van der Waals surface area contributed by atoms with Gasteiger partial charge in [0.1, 0.15) is 23.3 Å². The predicted octanol–water partition coefficient (Wildman–Crippen LogP) is 5.48. The summed E-state index contributed by atoms with van der Waals surface area (Å²) in [5, 5.41) is 9.06. The quantitative estimate of drug-likeness (QED) is 0.241. The molecule has 0 fully saturated rings. The van der Waals surface area contributed by atoms with Crippen molar-refractivity contribution in [1.29, 1.82) is 0 Å². The van der Waals surface area contributed by atoms with Gasteiger partial charge in [-0.3, -0.25) is 14.5 Å². The molecule has 1 aliphatic rings. The Balaban J connectivity index is 1.29. The van der Waals surface area contributed by atoms with Gasteiger partial charge in [0.2, 0.25) is 5.91 Å². The third kappa shape index (κ3) is 7.79. The van der Waals surface area contributed by atoms with Crippen molar-refractivity contribution in [3.05, 3.63) is 120 Å². The highest BCUT2D eigenvalue weighted by molar-refractivity contribution is 5.96. The average Bonchev–Trinajstić information content (AvgIpc) is 3.48. The number of ether oxygens (including phenoxy) is 1. The summed E-state index contributed by atoms with van der Waals surface area (Å²) < 4.78 is 5.92. The van der Waals surface area contributed by atoms with Gasteiger partial charge in [0, 0.05) is 39.3 Å². The molecular formula is C37H40N6O3. The Morgan fingerprint density at radius 1 is 0.717 bits per heavy atom. The van der Waals surface area contributed by atoms with Crippen LogP contribution in [-0.4, -0.2) is 69.4 Å². The minimum Gasteiger partial charge on any atom is -0.484 e. The number of nitrogens with zero attached hydrogens (tertiary/aromatic N) is 6. The summed E-state index contributed by atoms with van der Waals surface area (Å²) in [5.41, 5.74) is 5.52. The molecule has 1 aliphatic heterocycles. The summed E-state index contributed by atoms with van der Waals surface area (Å²) in [7, 11) is 0. The molecule has 0 atom stereocenters. The highest BCUT2D eigenvalue weighted by atomic mass is 16.5. The Morgan fingerprint density at radius 3 is 2.09 bits per heavy atom. The number of anilines is 1. The molecule has 9 heteroatoms. The van der Waals surface area contributed by atoms with Gasteiger partial charge in [-0.15, -0.1) is 0 Å². The first-order chi connectivity index (χ1) is 22.5. The summed E-state index contributed by atoms with van der Waals surface area (Å²) in [5.74, 6) is 0.474. The van der Waals surface area contributed by atoms with E-state index in [0.717, 1.165) is 60.3 Å². The molecule has 4 aromatic carbocycles. The molecule has 0 saturated heterocycles. The number of carbonyl (C=O) groups excluding carboxylic acids is 2. The molecule has 0 aliphatic carbocycles. The SMILES string of the molecule is Cc1cccc2c1N(C(=O)COc1ccccc1)CCCN(Cc1ccccc1)CCCN(C(=O)Cn1nc3ccccc3n1)C2. The minimum absolute atomic E-state index is 0.0388. The standard InChI is InChI=1S/C37H40N6O3/c1-29-13-10-16-31-26-41(35(44)27-43-38-33-19-8-9-20-34(33)39-43)23-11-21-40(25-30-14-4-2-5-15-30)22-12-24-42(37(29)31)36(45)28-46-32-17-6-3-7-18-32/h2-10,13-20H,11-12,21-28H2,1H3. The van der Waals surface area contributed by atoms with Crippen LogP contribution in [0.5, 0.6) is 5.75 Å². The number of hydrogen-bond acceptors (Lipinski definition) is 6. The Labute approximate surface area is 270 Å². The highest BCUT2D eigenvalue weighted by Gasteiger charge is 2.25. The molecule has 6 rings (SSSR count). The first kappa shape index (κ1) is 31.0. The lowest BCUT2D eigenvalue weighted by molar-refractivity contribution is -0.133. The lowest BCUT2D eigenvalue weighted by Gasteiger charge is -2.32. The van der Waals surface area contributed by atoms with Crippen molar-refractivity contribution in [2.75, 3.05) is 37.7 Å². The van der Waals surface area contributed by atoms with Gasteiger partial charge in [0.15, 0.2) is 6.61 Å². The molecule has 0 N–H and O–H groups in total. The van der Waals surface area contributed by atoms with Crippen molar-refractivity contribution >= 4 is 28.5 Å². The second-order valence-electron chi connectivity index (χ2n) is 11.7. The topological polar surface area (TPSA) is 83.8 Å². The Bertz CT molecular complexity index is 1720. The van der Waals surface area contributed by atoms with Gasteiger partial charge in [0.05, 0.1) is 5.69 Å². The third-order valence-electron chi connectivity index (χ3n) is 8.32. The molecular weight excluding hydrogens is 576 g/mol. The normalized spacial score (nSPS) is 14.7. The number of amides is 2. The summed E-state index contributed by atoms with van der Waals surface area (Å²) in [4.78, 5) is 35.5. The number of rotatable bonds is 7. The van der Waals surface area contributed by atoms with E-state index in [1.54, 1.807) is 0 Å². The van der Waals surface area contributed by atoms with E-state index >= 15 is 0 Å². The summed E-state index contributed by atoms with van der Waals surface area (Å²) in [6.07, 6.45) is 1.63. The van der Waals surface area contributed by atoms with Crippen LogP contribution < -0.4 is 9.64 Å². The first-order valence-electron chi connectivity index (χ1n) is 15.9. The van der Waals surface area contributed by atoms with Crippen LogP contribution >= 0.6 is 0 Å². The number of aryl methyl sites for hydroxylation is 1. The fourth-order valence-corrected chi connectivity index (χ4v) is 6.08. The Kier molecular flexibility index (Phi) is 10.00. The second kappa shape index (κ2) is 14.8. The van der Waals surface area contributed by atoms with Crippen LogP contribution in [0, 0.1) is 6.92 Å². The molecule has 0 unspecified atom stereocenters.